The monoisotopic (exact) mass is 613 g/mol. The van der Waals surface area contributed by atoms with Gasteiger partial charge in [0, 0.05) is 23.5 Å². The molecule has 0 saturated carbocycles. The Morgan fingerprint density at radius 3 is 2.21 bits per heavy atom. The van der Waals surface area contributed by atoms with Crippen molar-refractivity contribution in [1.29, 1.82) is 0 Å². The molecule has 0 spiro atoms. The van der Waals surface area contributed by atoms with Gasteiger partial charge in [-0.3, -0.25) is 13.9 Å². The number of carbonyl (C=O) groups is 2. The van der Waals surface area contributed by atoms with Gasteiger partial charge in [0.05, 0.1) is 11.9 Å². The minimum Gasteiger partial charge on any atom is -0.352 e. The number of hydrogen-bond acceptors (Lipinski definition) is 4. The minimum atomic E-state index is -3.82. The van der Waals surface area contributed by atoms with Crippen LogP contribution in [-0.2, 0) is 32.6 Å². The highest BCUT2D eigenvalue weighted by atomic mass is 79.9. The fraction of sp³-hybridized carbons (Fsp3) is 0.333. The Morgan fingerprint density at radius 1 is 0.949 bits per heavy atom. The van der Waals surface area contributed by atoms with Gasteiger partial charge in [0.1, 0.15) is 12.6 Å². The summed E-state index contributed by atoms with van der Waals surface area (Å²) in [5, 5.41) is 3.03. The van der Waals surface area contributed by atoms with E-state index in [1.165, 1.54) is 4.90 Å². The molecule has 0 radical (unpaired) electrons. The average molecular weight is 615 g/mol. The molecule has 39 heavy (non-hydrogen) atoms. The SMILES string of the molecule is CC[C@@H](C)NC(=O)[C@@H](Cc1ccccc1)N(Cc1cccc(C)c1)C(=O)CN(c1ccccc1Br)S(C)(=O)=O. The Balaban J connectivity index is 2.07. The summed E-state index contributed by atoms with van der Waals surface area (Å²) in [4.78, 5) is 29.3. The zero-order valence-electron chi connectivity index (χ0n) is 22.8. The highest BCUT2D eigenvalue weighted by Crippen LogP contribution is 2.28. The van der Waals surface area contributed by atoms with Crippen molar-refractivity contribution in [2.75, 3.05) is 17.1 Å². The summed E-state index contributed by atoms with van der Waals surface area (Å²) in [5.74, 6) is -0.751. The van der Waals surface area contributed by atoms with Gasteiger partial charge in [-0.1, -0.05) is 79.2 Å². The van der Waals surface area contributed by atoms with E-state index in [4.69, 9.17) is 0 Å². The van der Waals surface area contributed by atoms with E-state index in [1.807, 2.05) is 75.4 Å². The fourth-order valence-electron chi connectivity index (χ4n) is 4.25. The Hall–Kier alpha value is -3.17. The van der Waals surface area contributed by atoms with Gasteiger partial charge in [0.25, 0.3) is 0 Å². The van der Waals surface area contributed by atoms with E-state index in [2.05, 4.69) is 21.2 Å². The molecule has 0 saturated heterocycles. The summed E-state index contributed by atoms with van der Waals surface area (Å²) < 4.78 is 27.4. The molecule has 0 fully saturated rings. The second-order valence-electron chi connectivity index (χ2n) is 9.76. The van der Waals surface area contributed by atoms with Gasteiger partial charge < -0.3 is 10.2 Å². The summed E-state index contributed by atoms with van der Waals surface area (Å²) in [5.41, 5.74) is 3.13. The first-order chi connectivity index (χ1) is 18.5. The van der Waals surface area contributed by atoms with Crippen LogP contribution in [-0.4, -0.2) is 50.0 Å². The molecule has 1 N–H and O–H groups in total. The fourth-order valence-corrected chi connectivity index (χ4v) is 5.73. The minimum absolute atomic E-state index is 0.0838. The smallest absolute Gasteiger partial charge is 0.244 e. The van der Waals surface area contributed by atoms with Crippen LogP contribution in [0.3, 0.4) is 0 Å². The Morgan fingerprint density at radius 2 is 1.59 bits per heavy atom. The van der Waals surface area contributed by atoms with E-state index in [0.717, 1.165) is 33.7 Å². The number of halogens is 1. The number of nitrogens with zero attached hydrogens (tertiary/aromatic N) is 2. The van der Waals surface area contributed by atoms with Crippen molar-refractivity contribution in [1.82, 2.24) is 10.2 Å². The maximum absolute atomic E-state index is 14.1. The molecule has 0 aliphatic heterocycles. The number of anilines is 1. The summed E-state index contributed by atoms with van der Waals surface area (Å²) in [6.07, 6.45) is 2.09. The highest BCUT2D eigenvalue weighted by Gasteiger charge is 2.33. The number of rotatable bonds is 12. The van der Waals surface area contributed by atoms with Gasteiger partial charge in [-0.05, 0) is 59.5 Å². The zero-order valence-corrected chi connectivity index (χ0v) is 25.2. The molecule has 7 nitrogen and oxygen atoms in total. The maximum Gasteiger partial charge on any atom is 0.244 e. The normalized spacial score (nSPS) is 12.8. The third kappa shape index (κ3) is 8.66. The number of nitrogens with one attached hydrogen (secondary N) is 1. The molecule has 2 amide bonds. The van der Waals surface area contributed by atoms with Crippen molar-refractivity contribution in [3.63, 3.8) is 0 Å². The van der Waals surface area contributed by atoms with E-state index in [-0.39, 0.29) is 24.9 Å². The first-order valence-corrected chi connectivity index (χ1v) is 15.5. The van der Waals surface area contributed by atoms with Crippen LogP contribution in [0.1, 0.15) is 37.0 Å². The maximum atomic E-state index is 14.1. The molecule has 0 aliphatic rings. The lowest BCUT2D eigenvalue weighted by atomic mass is 10.0. The lowest BCUT2D eigenvalue weighted by molar-refractivity contribution is -0.140. The van der Waals surface area contributed by atoms with Crippen LogP contribution in [0, 0.1) is 6.92 Å². The molecule has 2 atom stereocenters. The molecule has 0 unspecified atom stereocenters. The van der Waals surface area contributed by atoms with E-state index >= 15 is 0 Å². The number of amides is 2. The number of benzene rings is 3. The number of sulfonamides is 1. The van der Waals surface area contributed by atoms with Crippen LogP contribution in [0.5, 0.6) is 0 Å². The molecule has 9 heteroatoms. The summed E-state index contributed by atoms with van der Waals surface area (Å²) >= 11 is 3.41. The van der Waals surface area contributed by atoms with Gasteiger partial charge in [0.2, 0.25) is 21.8 Å². The van der Waals surface area contributed by atoms with Gasteiger partial charge in [-0.2, -0.15) is 0 Å². The number of carbonyl (C=O) groups excluding carboxylic acids is 2. The number of hydrogen-bond donors (Lipinski definition) is 1. The van der Waals surface area contributed by atoms with E-state index < -0.39 is 28.5 Å². The van der Waals surface area contributed by atoms with Crippen molar-refractivity contribution in [2.24, 2.45) is 0 Å². The molecule has 3 rings (SSSR count). The lowest BCUT2D eigenvalue weighted by Gasteiger charge is -2.34. The van der Waals surface area contributed by atoms with E-state index in [0.29, 0.717) is 10.2 Å². The molecule has 0 bridgehead atoms. The average Bonchev–Trinajstić information content (AvgIpc) is 2.89. The quantitative estimate of drug-likeness (QED) is 0.309. The standard InChI is InChI=1S/C30H36BrN3O4S/c1-5-23(3)32-30(36)28(19-24-13-7-6-8-14-24)33(20-25-15-11-12-22(2)18-25)29(35)21-34(39(4,37)38)27-17-10-9-16-26(27)31/h6-18,23,28H,5,19-21H2,1-4H3,(H,32,36)/t23-,28-/m1/s1. The van der Waals surface area contributed by atoms with Crippen LogP contribution < -0.4 is 9.62 Å². The topological polar surface area (TPSA) is 86.8 Å². The Bertz CT molecular complexity index is 1380. The van der Waals surface area contributed by atoms with Crippen molar-refractivity contribution < 1.29 is 18.0 Å². The first kappa shape index (κ1) is 30.4. The highest BCUT2D eigenvalue weighted by molar-refractivity contribution is 9.10. The second-order valence-corrected chi connectivity index (χ2v) is 12.5. The molecular formula is C30H36BrN3O4S. The molecule has 0 aromatic heterocycles. The van der Waals surface area contributed by atoms with Gasteiger partial charge in [-0.25, -0.2) is 8.42 Å². The van der Waals surface area contributed by atoms with Crippen molar-refractivity contribution in [3.05, 3.63) is 100 Å². The third-order valence-electron chi connectivity index (χ3n) is 6.51. The van der Waals surface area contributed by atoms with E-state index in [1.54, 1.807) is 24.3 Å². The largest absolute Gasteiger partial charge is 0.352 e. The molecule has 0 aliphatic carbocycles. The van der Waals surface area contributed by atoms with Crippen LogP contribution in [0.15, 0.2) is 83.3 Å². The second kappa shape index (κ2) is 13.8. The number of para-hydroxylation sites is 1. The van der Waals surface area contributed by atoms with Crippen molar-refractivity contribution in [3.8, 4) is 0 Å². The Labute approximate surface area is 240 Å². The van der Waals surface area contributed by atoms with Crippen LogP contribution in [0.4, 0.5) is 5.69 Å². The zero-order chi connectivity index (χ0) is 28.6. The van der Waals surface area contributed by atoms with Crippen LogP contribution >= 0.6 is 15.9 Å². The van der Waals surface area contributed by atoms with E-state index in [9.17, 15) is 18.0 Å². The summed E-state index contributed by atoms with van der Waals surface area (Å²) in [7, 11) is -3.82. The molecule has 0 heterocycles. The molecule has 3 aromatic rings. The summed E-state index contributed by atoms with van der Waals surface area (Å²) in [6, 6.07) is 23.2. The molecule has 3 aromatic carbocycles. The predicted octanol–water partition coefficient (Wildman–Crippen LogP) is 5.08. The third-order valence-corrected chi connectivity index (χ3v) is 8.30. The number of aryl methyl sites for hydroxylation is 1. The molecular weight excluding hydrogens is 578 g/mol. The van der Waals surface area contributed by atoms with Gasteiger partial charge >= 0.3 is 0 Å². The predicted molar refractivity (Wildman–Crippen MR) is 160 cm³/mol. The first-order valence-electron chi connectivity index (χ1n) is 12.9. The molecule has 208 valence electrons. The lowest BCUT2D eigenvalue weighted by Crippen LogP contribution is -2.54. The van der Waals surface area contributed by atoms with Gasteiger partial charge in [-0.15, -0.1) is 0 Å². The van der Waals surface area contributed by atoms with Crippen molar-refractivity contribution >= 4 is 43.5 Å². The van der Waals surface area contributed by atoms with Crippen LogP contribution in [0.2, 0.25) is 0 Å². The Kier molecular flexibility index (Phi) is 10.7. The van der Waals surface area contributed by atoms with Crippen LogP contribution in [0.25, 0.3) is 0 Å². The van der Waals surface area contributed by atoms with Crippen molar-refractivity contribution in [2.45, 2.75) is 52.2 Å². The summed E-state index contributed by atoms with van der Waals surface area (Å²) in [6.45, 7) is 5.57. The van der Waals surface area contributed by atoms with Gasteiger partial charge in [0.15, 0.2) is 0 Å².